The maximum absolute atomic E-state index is 10.6. The molecule has 0 aliphatic carbocycles. The quantitative estimate of drug-likeness (QED) is 0.0387. The number of nitriles is 1. The second kappa shape index (κ2) is 34.4. The predicted octanol–water partition coefficient (Wildman–Crippen LogP) is 1.58. The van der Waals surface area contributed by atoms with Crippen molar-refractivity contribution < 1.29 is 72.6 Å². The van der Waals surface area contributed by atoms with E-state index in [2.05, 4.69) is 33.4 Å². The smallest absolute Gasteiger partial charge is 0.857 e. The van der Waals surface area contributed by atoms with E-state index < -0.39 is 0 Å². The van der Waals surface area contributed by atoms with E-state index in [4.69, 9.17) is 65.8 Å². The largest absolute Gasteiger partial charge is 1.00 e. The Morgan fingerprint density at radius 2 is 1.13 bits per heavy atom. The molecule has 0 unspecified atom stereocenters. The normalized spacial score (nSPS) is 9.26. The molecule has 4 aromatic rings. The fourth-order valence-corrected chi connectivity index (χ4v) is 4.71. The molecule has 0 aliphatic rings. The summed E-state index contributed by atoms with van der Waals surface area (Å²) in [5.41, 5.74) is 27.3. The van der Waals surface area contributed by atoms with Gasteiger partial charge in [0.1, 0.15) is 12.1 Å². The number of aromatic nitrogens is 2. The number of nitrogens with zero attached hydrogens (tertiary/aromatic N) is 3. The molecule has 19 heteroatoms. The number of methoxy groups -OCH3 is 7. The molecule has 0 saturated heterocycles. The van der Waals surface area contributed by atoms with E-state index in [1.807, 2.05) is 45.0 Å². The van der Waals surface area contributed by atoms with Crippen LogP contribution >= 0.6 is 0 Å². The van der Waals surface area contributed by atoms with E-state index in [1.54, 1.807) is 87.2 Å². The van der Waals surface area contributed by atoms with Crippen molar-refractivity contribution in [2.75, 3.05) is 75.0 Å². The van der Waals surface area contributed by atoms with Crippen molar-refractivity contribution in [3.63, 3.8) is 0 Å². The summed E-state index contributed by atoms with van der Waals surface area (Å²) in [4.78, 5) is 18.5. The number of aldehydes is 1. The number of aryl methyl sites for hydroxylation is 3. The van der Waals surface area contributed by atoms with E-state index in [1.165, 1.54) is 0 Å². The average Bonchev–Trinajstić information content (AvgIpc) is 3.26. The van der Waals surface area contributed by atoms with Gasteiger partial charge in [-0.2, -0.15) is 17.4 Å². The number of nitrogens with two attached hydrogens (primary N) is 4. The van der Waals surface area contributed by atoms with Gasteiger partial charge in [-0.1, -0.05) is 0 Å². The van der Waals surface area contributed by atoms with E-state index in [9.17, 15) is 4.79 Å². The van der Waals surface area contributed by atoms with Crippen LogP contribution in [0.1, 0.15) is 50.7 Å². The van der Waals surface area contributed by atoms with Gasteiger partial charge in [0, 0.05) is 30.9 Å². The van der Waals surface area contributed by atoms with Gasteiger partial charge < -0.3 is 61.2 Å². The fourth-order valence-electron chi connectivity index (χ4n) is 4.71. The number of anilines is 2. The van der Waals surface area contributed by atoms with Crippen LogP contribution in [0.5, 0.6) is 34.5 Å². The number of hydrogen-bond acceptors (Lipinski definition) is 16. The van der Waals surface area contributed by atoms with Gasteiger partial charge >= 0.3 is 29.6 Å². The van der Waals surface area contributed by atoms with Crippen molar-refractivity contribution in [1.82, 2.24) is 9.97 Å². The first-order chi connectivity index (χ1) is 29.1. The maximum Gasteiger partial charge on any atom is 1.00 e. The SMILES string of the molecule is CC=C=N.COC/C(C#N)=C/c1cc(OC)c(OC)cc1C.COc1cc(C)c(C=O)cc1OC.COc1cc(C)c(Cc2cnc(N)nc2N)cc1OC.C[O-].N=C(N)N.[Na+]. The number of rotatable bonds is 12. The molecule has 0 saturated carbocycles. The first-order valence-corrected chi connectivity index (χ1v) is 17.9. The van der Waals surface area contributed by atoms with E-state index in [-0.39, 0.29) is 41.5 Å². The number of benzene rings is 3. The second-order valence-electron chi connectivity index (χ2n) is 11.8. The summed E-state index contributed by atoms with van der Waals surface area (Å²) < 4.78 is 36.1. The van der Waals surface area contributed by atoms with Crippen molar-refractivity contribution in [1.29, 1.82) is 16.1 Å². The summed E-state index contributed by atoms with van der Waals surface area (Å²) in [6.45, 7) is 7.87. The monoisotopic (exact) mass is 869 g/mol. The Labute approximate surface area is 387 Å². The number of nitrogens with one attached hydrogen (secondary N) is 2. The van der Waals surface area contributed by atoms with Crippen LogP contribution < -0.4 is 86.0 Å². The minimum atomic E-state index is -0.333. The Balaban J connectivity index is -0.000000764. The molecule has 1 aromatic heterocycles. The minimum Gasteiger partial charge on any atom is -0.857 e. The van der Waals surface area contributed by atoms with E-state index in [0.29, 0.717) is 64.5 Å². The molecular weight excluding hydrogens is 810 g/mol. The van der Waals surface area contributed by atoms with Gasteiger partial charge in [-0.3, -0.25) is 15.6 Å². The van der Waals surface area contributed by atoms with Gasteiger partial charge in [0.05, 0.1) is 60.9 Å². The van der Waals surface area contributed by atoms with Gasteiger partial charge in [-0.15, -0.1) is 0 Å². The zero-order chi connectivity index (χ0) is 47.1. The van der Waals surface area contributed by atoms with Crippen LogP contribution in [0, 0.1) is 42.9 Å². The molecule has 0 atom stereocenters. The molecule has 0 fully saturated rings. The molecule has 332 valence electrons. The molecule has 10 N–H and O–H groups in total. The van der Waals surface area contributed by atoms with Gasteiger partial charge in [-0.05, 0) is 110 Å². The number of nitrogen functional groups attached to an aromatic ring is 2. The molecule has 0 aliphatic heterocycles. The summed E-state index contributed by atoms with van der Waals surface area (Å²) in [6, 6.07) is 13.2. The Kier molecular flexibility index (Phi) is 33.3. The van der Waals surface area contributed by atoms with Crippen LogP contribution in [0.15, 0.2) is 54.2 Å². The fraction of sp³-hybridized carbons (Fsp3) is 0.326. The third-order valence-electron chi connectivity index (χ3n) is 7.73. The molecular formula is C43H60N9NaO9. The Morgan fingerprint density at radius 1 is 0.742 bits per heavy atom. The third kappa shape index (κ3) is 21.8. The van der Waals surface area contributed by atoms with Gasteiger partial charge in [0.15, 0.2) is 40.5 Å². The summed E-state index contributed by atoms with van der Waals surface area (Å²) in [5, 5.41) is 29.4. The topological polar surface area (TPSA) is 306 Å². The molecule has 3 aromatic carbocycles. The maximum atomic E-state index is 10.6. The van der Waals surface area contributed by atoms with E-state index in [0.717, 1.165) is 46.8 Å². The van der Waals surface area contributed by atoms with Crippen LogP contribution in [0.2, 0.25) is 0 Å². The van der Waals surface area contributed by atoms with Crippen LogP contribution in [0.25, 0.3) is 6.08 Å². The molecule has 4 rings (SSSR count). The van der Waals surface area contributed by atoms with Crippen molar-refractivity contribution in [2.24, 2.45) is 11.5 Å². The predicted molar refractivity (Wildman–Crippen MR) is 237 cm³/mol. The average molecular weight is 870 g/mol. The molecule has 0 spiro atoms. The molecule has 0 bridgehead atoms. The zero-order valence-electron chi connectivity index (χ0n) is 38.0. The second-order valence-corrected chi connectivity index (χ2v) is 11.8. The van der Waals surface area contributed by atoms with E-state index >= 15 is 0 Å². The van der Waals surface area contributed by atoms with Crippen LogP contribution in [-0.4, -0.2) is 91.6 Å². The number of ether oxygens (including phenoxy) is 7. The van der Waals surface area contributed by atoms with Crippen LogP contribution in [0.4, 0.5) is 11.8 Å². The Hall–Kier alpha value is -6.32. The molecule has 62 heavy (non-hydrogen) atoms. The first-order valence-electron chi connectivity index (χ1n) is 17.9. The summed E-state index contributed by atoms with van der Waals surface area (Å²) in [7, 11) is 11.8. The Morgan fingerprint density at radius 3 is 1.50 bits per heavy atom. The first kappa shape index (κ1) is 60.0. The molecule has 18 nitrogen and oxygen atoms in total. The summed E-state index contributed by atoms with van der Waals surface area (Å²) in [5.74, 6) is 6.22. The van der Waals surface area contributed by atoms with Crippen LogP contribution in [-0.2, 0) is 11.2 Å². The number of allylic oxidation sites excluding steroid dienone is 1. The van der Waals surface area contributed by atoms with Gasteiger partial charge in [-0.25, -0.2) is 4.98 Å². The molecule has 1 heterocycles. The summed E-state index contributed by atoms with van der Waals surface area (Å²) >= 11 is 0. The van der Waals surface area contributed by atoms with Gasteiger partial charge in [0.2, 0.25) is 5.95 Å². The summed E-state index contributed by atoms with van der Waals surface area (Å²) in [6.07, 6.45) is 6.39. The number of guanidine groups is 1. The number of carbonyl (C=O) groups is 1. The Bertz CT molecular complexity index is 2100. The minimum absolute atomic E-state index is 0. The van der Waals surface area contributed by atoms with Crippen molar-refractivity contribution in [2.45, 2.75) is 34.1 Å². The number of carbonyl (C=O) groups excluding carboxylic acids is 1. The molecule has 0 radical (unpaired) electrons. The zero-order valence-corrected chi connectivity index (χ0v) is 40.0. The van der Waals surface area contributed by atoms with Crippen molar-refractivity contribution >= 4 is 36.0 Å². The van der Waals surface area contributed by atoms with Crippen molar-refractivity contribution in [3.05, 3.63) is 93.2 Å². The third-order valence-corrected chi connectivity index (χ3v) is 7.73. The molecule has 0 amide bonds. The van der Waals surface area contributed by atoms with Gasteiger partial charge in [0.25, 0.3) is 0 Å². The van der Waals surface area contributed by atoms with Crippen LogP contribution in [0.3, 0.4) is 0 Å². The van der Waals surface area contributed by atoms with Crippen molar-refractivity contribution in [3.8, 4) is 40.6 Å². The standard InChI is InChI=1S/C14H18N4O2.C14H17NO3.C10H12O3.C3H5N.CH5N3.CH3O.Na/c1-8-4-11(19-2)12(20-3)6-9(8)5-10-7-17-14(16)18-13(10)15;1-10-5-13(17-3)14(18-4)7-12(10)6-11(8-15)9-16-2;1-7-4-9(12-2)10(13-3)5-8(7)6-11;1-2-3-4;2-1(3)4;1-2;/h4,6-7H,5H2,1-3H3,(H4,15,16,17,18);5-7H,9H2,1-4H3;4-6H,1-3H3;2,4H,1H3;(H5,2,3,4);1H3;/q;;;;;-1;+1/b;11-6+;;;;;. The number of hydrogen-bond donors (Lipinski definition) is 6.